The zero-order chi connectivity index (χ0) is 17.8. The average molecular weight is 359 g/mol. The lowest BCUT2D eigenvalue weighted by Crippen LogP contribution is -2.22. The molecule has 4 rings (SSSR count). The molecule has 0 spiro atoms. The van der Waals surface area contributed by atoms with E-state index < -0.39 is 0 Å². The van der Waals surface area contributed by atoms with Crippen LogP contribution in [-0.2, 0) is 4.79 Å². The number of nitrogens with one attached hydrogen (secondary N) is 2. The monoisotopic (exact) mass is 359 g/mol. The van der Waals surface area contributed by atoms with Crippen LogP contribution in [0.25, 0.3) is 11.4 Å². The van der Waals surface area contributed by atoms with E-state index >= 15 is 0 Å². The van der Waals surface area contributed by atoms with Crippen LogP contribution in [0.15, 0.2) is 84.4 Å². The van der Waals surface area contributed by atoms with Gasteiger partial charge in [0.1, 0.15) is 0 Å². The molecule has 0 aliphatic rings. The Labute approximate surface area is 155 Å². The molecule has 0 radical (unpaired) electrons. The highest BCUT2D eigenvalue weighted by molar-refractivity contribution is 7.14. The molecule has 2 N–H and O–H groups in total. The number of amides is 1. The first-order valence-corrected chi connectivity index (χ1v) is 9.19. The summed E-state index contributed by atoms with van der Waals surface area (Å²) in [6.45, 7) is 0. The lowest BCUT2D eigenvalue weighted by atomic mass is 9.90. The van der Waals surface area contributed by atoms with Gasteiger partial charge in [-0.3, -0.25) is 4.79 Å². The topological polar surface area (TPSA) is 57.8 Å². The number of hydrogen-bond donors (Lipinski definition) is 2. The number of anilines is 1. The zero-order valence-electron chi connectivity index (χ0n) is 13.9. The van der Waals surface area contributed by atoms with Gasteiger partial charge in [0.15, 0.2) is 5.13 Å². The molecule has 0 fully saturated rings. The highest BCUT2D eigenvalue weighted by Gasteiger charge is 2.23. The predicted octanol–water partition coefficient (Wildman–Crippen LogP) is 4.91. The molecule has 2 heterocycles. The molecular formula is C21H17N3OS. The summed E-state index contributed by atoms with van der Waals surface area (Å²) in [5.74, 6) is -0.468. The predicted molar refractivity (Wildman–Crippen MR) is 105 cm³/mol. The molecule has 1 amide bonds. The number of aromatic amines is 1. The summed E-state index contributed by atoms with van der Waals surface area (Å²) in [7, 11) is 0. The molecule has 4 aromatic rings. The first-order valence-electron chi connectivity index (χ1n) is 8.31. The van der Waals surface area contributed by atoms with E-state index in [4.69, 9.17) is 0 Å². The van der Waals surface area contributed by atoms with Crippen LogP contribution >= 0.6 is 11.3 Å². The van der Waals surface area contributed by atoms with Gasteiger partial charge in [-0.05, 0) is 23.3 Å². The largest absolute Gasteiger partial charge is 0.360 e. The van der Waals surface area contributed by atoms with Crippen LogP contribution in [0.5, 0.6) is 0 Å². The summed E-state index contributed by atoms with van der Waals surface area (Å²) < 4.78 is 0. The van der Waals surface area contributed by atoms with Crippen molar-refractivity contribution in [3.8, 4) is 11.4 Å². The number of H-pyrrole nitrogens is 1. The highest BCUT2D eigenvalue weighted by atomic mass is 32.1. The number of carbonyl (C=O) groups excluding carboxylic acids is 1. The molecule has 2 aromatic heterocycles. The lowest BCUT2D eigenvalue weighted by Gasteiger charge is -2.17. The van der Waals surface area contributed by atoms with Crippen molar-refractivity contribution in [1.82, 2.24) is 9.97 Å². The number of thiazole rings is 1. The van der Waals surface area contributed by atoms with Crippen LogP contribution in [0, 0.1) is 0 Å². The lowest BCUT2D eigenvalue weighted by molar-refractivity contribution is -0.116. The van der Waals surface area contributed by atoms with Gasteiger partial charge in [-0.25, -0.2) is 4.98 Å². The first kappa shape index (κ1) is 16.3. The van der Waals surface area contributed by atoms with Crippen LogP contribution in [0.2, 0.25) is 0 Å². The average Bonchev–Trinajstić information content (AvgIpc) is 3.35. The molecular weight excluding hydrogens is 342 g/mol. The van der Waals surface area contributed by atoms with Crippen molar-refractivity contribution in [2.75, 3.05) is 5.32 Å². The van der Waals surface area contributed by atoms with Gasteiger partial charge in [0, 0.05) is 11.6 Å². The Morgan fingerprint density at radius 3 is 2.15 bits per heavy atom. The van der Waals surface area contributed by atoms with Gasteiger partial charge in [0.25, 0.3) is 0 Å². The third kappa shape index (κ3) is 3.43. The maximum atomic E-state index is 13.1. The van der Waals surface area contributed by atoms with Crippen molar-refractivity contribution in [3.63, 3.8) is 0 Å². The van der Waals surface area contributed by atoms with Crippen molar-refractivity contribution in [1.29, 1.82) is 0 Å². The van der Waals surface area contributed by atoms with Crippen LogP contribution < -0.4 is 5.32 Å². The fraction of sp³-hybridized carbons (Fsp3) is 0.0476. The normalized spacial score (nSPS) is 10.8. The quantitative estimate of drug-likeness (QED) is 0.532. The molecule has 0 unspecified atom stereocenters. The molecule has 128 valence electrons. The van der Waals surface area contributed by atoms with Crippen molar-refractivity contribution in [2.24, 2.45) is 0 Å². The summed E-state index contributed by atoms with van der Waals surface area (Å²) in [5, 5.41) is 5.50. The Morgan fingerprint density at radius 2 is 1.58 bits per heavy atom. The molecule has 0 saturated heterocycles. The van der Waals surface area contributed by atoms with Gasteiger partial charge < -0.3 is 10.3 Å². The number of nitrogens with zero attached hydrogens (tertiary/aromatic N) is 1. The maximum absolute atomic E-state index is 13.1. The molecule has 0 bridgehead atoms. The van der Waals surface area contributed by atoms with E-state index in [2.05, 4.69) is 15.3 Å². The van der Waals surface area contributed by atoms with Gasteiger partial charge in [0.2, 0.25) is 5.91 Å². The van der Waals surface area contributed by atoms with Crippen LogP contribution in [0.1, 0.15) is 17.0 Å². The second kappa shape index (κ2) is 7.37. The van der Waals surface area contributed by atoms with E-state index in [0.717, 1.165) is 22.5 Å². The fourth-order valence-corrected chi connectivity index (χ4v) is 3.62. The fourth-order valence-electron chi connectivity index (χ4n) is 2.91. The van der Waals surface area contributed by atoms with Gasteiger partial charge in [0.05, 0.1) is 17.3 Å². The number of hydrogen-bond acceptors (Lipinski definition) is 3. The summed E-state index contributed by atoms with van der Waals surface area (Å²) in [6.07, 6.45) is 1.85. The molecule has 4 nitrogen and oxygen atoms in total. The van der Waals surface area contributed by atoms with E-state index in [1.54, 1.807) is 0 Å². The summed E-state index contributed by atoms with van der Waals surface area (Å²) >= 11 is 1.42. The Bertz CT molecular complexity index is 939. The standard InChI is InChI=1S/C21H17N3OS/c25-20(24-21-23-18(14-26-21)17-12-7-13-22-17)19(15-8-3-1-4-9-15)16-10-5-2-6-11-16/h1-14,19,22H,(H,23,24,25). The summed E-state index contributed by atoms with van der Waals surface area (Å²) in [6, 6.07) is 23.5. The smallest absolute Gasteiger partial charge is 0.238 e. The van der Waals surface area contributed by atoms with Crippen LogP contribution in [0.4, 0.5) is 5.13 Å². The second-order valence-corrected chi connectivity index (χ2v) is 6.72. The maximum Gasteiger partial charge on any atom is 0.238 e. The molecule has 2 aromatic carbocycles. The Kier molecular flexibility index (Phi) is 4.62. The van der Waals surface area contributed by atoms with E-state index in [9.17, 15) is 4.79 Å². The molecule has 0 aliphatic heterocycles. The van der Waals surface area contributed by atoms with Crippen molar-refractivity contribution < 1.29 is 4.79 Å². The first-order chi connectivity index (χ1) is 12.8. The molecule has 0 atom stereocenters. The zero-order valence-corrected chi connectivity index (χ0v) is 14.7. The molecule has 0 aliphatic carbocycles. The minimum absolute atomic E-state index is 0.0882. The SMILES string of the molecule is O=C(Nc1nc(-c2ccc[nH]2)cs1)C(c1ccccc1)c1ccccc1. The highest BCUT2D eigenvalue weighted by Crippen LogP contribution is 2.28. The Morgan fingerprint density at radius 1 is 0.923 bits per heavy atom. The van der Waals surface area contributed by atoms with Crippen LogP contribution in [-0.4, -0.2) is 15.9 Å². The van der Waals surface area contributed by atoms with E-state index in [1.807, 2.05) is 84.4 Å². The van der Waals surface area contributed by atoms with Gasteiger partial charge >= 0.3 is 0 Å². The van der Waals surface area contributed by atoms with E-state index in [0.29, 0.717) is 5.13 Å². The van der Waals surface area contributed by atoms with Gasteiger partial charge in [-0.15, -0.1) is 11.3 Å². The third-order valence-corrected chi connectivity index (χ3v) is 4.89. The van der Waals surface area contributed by atoms with E-state index in [-0.39, 0.29) is 11.8 Å². The Balaban J connectivity index is 1.61. The number of benzene rings is 2. The van der Waals surface area contributed by atoms with Crippen molar-refractivity contribution in [2.45, 2.75) is 5.92 Å². The van der Waals surface area contributed by atoms with Gasteiger partial charge in [-0.1, -0.05) is 60.7 Å². The van der Waals surface area contributed by atoms with Crippen molar-refractivity contribution >= 4 is 22.4 Å². The molecule has 26 heavy (non-hydrogen) atoms. The second-order valence-electron chi connectivity index (χ2n) is 5.87. The minimum atomic E-state index is -0.379. The molecule has 5 heteroatoms. The minimum Gasteiger partial charge on any atom is -0.360 e. The molecule has 0 saturated carbocycles. The summed E-state index contributed by atoms with van der Waals surface area (Å²) in [5.41, 5.74) is 3.67. The van der Waals surface area contributed by atoms with Crippen LogP contribution in [0.3, 0.4) is 0 Å². The third-order valence-electron chi connectivity index (χ3n) is 4.14. The summed E-state index contributed by atoms with van der Waals surface area (Å²) in [4.78, 5) is 20.7. The van der Waals surface area contributed by atoms with Crippen molar-refractivity contribution in [3.05, 3.63) is 95.5 Å². The number of carbonyl (C=O) groups is 1. The van der Waals surface area contributed by atoms with E-state index in [1.165, 1.54) is 11.3 Å². The number of rotatable bonds is 5. The Hall–Kier alpha value is -3.18. The number of aromatic nitrogens is 2. The van der Waals surface area contributed by atoms with Gasteiger partial charge in [-0.2, -0.15) is 0 Å².